The third kappa shape index (κ3) is 3.76. The number of rotatable bonds is 6. The fourth-order valence-corrected chi connectivity index (χ4v) is 5.46. The first-order valence-electron chi connectivity index (χ1n) is 9.70. The summed E-state index contributed by atoms with van der Waals surface area (Å²) in [5, 5.41) is 0. The summed E-state index contributed by atoms with van der Waals surface area (Å²) < 4.78 is 41.1. The van der Waals surface area contributed by atoms with Crippen LogP contribution in [-0.2, 0) is 10.0 Å². The molecule has 1 atom stereocenters. The Balaban J connectivity index is 2.01. The maximum atomic E-state index is 13.3. The van der Waals surface area contributed by atoms with Crippen LogP contribution in [0, 0.1) is 13.8 Å². The highest BCUT2D eigenvalue weighted by molar-refractivity contribution is 7.89. The molecule has 0 spiro atoms. The summed E-state index contributed by atoms with van der Waals surface area (Å²) >= 11 is 0. The molecule has 0 bridgehead atoms. The number of fused-ring (bicyclic) bond motifs is 1. The Morgan fingerprint density at radius 2 is 1.82 bits per heavy atom. The molecule has 0 aromatic heterocycles. The minimum atomic E-state index is -3.71. The second-order valence-electron chi connectivity index (χ2n) is 7.50. The second kappa shape index (κ2) is 7.76. The predicted octanol–water partition coefficient (Wildman–Crippen LogP) is 4.67. The summed E-state index contributed by atoms with van der Waals surface area (Å²) in [5.74, 6) is 1.44. The maximum absolute atomic E-state index is 13.3. The van der Waals surface area contributed by atoms with Crippen LogP contribution in [-0.4, -0.2) is 21.1 Å². The summed E-state index contributed by atoms with van der Waals surface area (Å²) in [6, 6.07) is 10.8. The van der Waals surface area contributed by atoms with Gasteiger partial charge in [0, 0.05) is 12.0 Å². The molecule has 1 N–H and O–H groups in total. The van der Waals surface area contributed by atoms with Gasteiger partial charge in [0.05, 0.1) is 18.0 Å². The van der Waals surface area contributed by atoms with Gasteiger partial charge in [-0.25, -0.2) is 13.1 Å². The largest absolute Gasteiger partial charge is 0.496 e. The minimum Gasteiger partial charge on any atom is -0.496 e. The molecule has 1 heterocycles. The zero-order chi connectivity index (χ0) is 20.5. The van der Waals surface area contributed by atoms with Crippen molar-refractivity contribution in [2.24, 2.45) is 0 Å². The second-order valence-corrected chi connectivity index (χ2v) is 9.18. The average Bonchev–Trinajstić information content (AvgIpc) is 2.68. The van der Waals surface area contributed by atoms with Gasteiger partial charge in [-0.15, -0.1) is 0 Å². The number of aryl methyl sites for hydroxylation is 2. The molecule has 0 aliphatic carbocycles. The molecule has 5 nitrogen and oxygen atoms in total. The van der Waals surface area contributed by atoms with Crippen LogP contribution in [0.3, 0.4) is 0 Å². The van der Waals surface area contributed by atoms with Crippen LogP contribution in [0.25, 0.3) is 0 Å². The lowest BCUT2D eigenvalue weighted by Gasteiger charge is -2.41. The van der Waals surface area contributed by atoms with Crippen LogP contribution >= 0.6 is 0 Å². The molecule has 3 rings (SSSR count). The van der Waals surface area contributed by atoms with Crippen LogP contribution in [0.1, 0.15) is 55.8 Å². The van der Waals surface area contributed by atoms with E-state index in [1.807, 2.05) is 31.2 Å². The first-order chi connectivity index (χ1) is 13.2. The van der Waals surface area contributed by atoms with Crippen molar-refractivity contribution in [2.75, 3.05) is 7.11 Å². The Hall–Kier alpha value is -2.05. The van der Waals surface area contributed by atoms with E-state index in [2.05, 4.69) is 18.6 Å². The molecule has 0 saturated carbocycles. The summed E-state index contributed by atoms with van der Waals surface area (Å²) in [6.45, 7) is 7.80. The molecule has 2 aromatic rings. The van der Waals surface area contributed by atoms with Gasteiger partial charge in [0.2, 0.25) is 10.0 Å². The Labute approximate surface area is 168 Å². The van der Waals surface area contributed by atoms with Crippen LogP contribution in [0.5, 0.6) is 11.5 Å². The lowest BCUT2D eigenvalue weighted by molar-refractivity contribution is 0.0260. The lowest BCUT2D eigenvalue weighted by atomic mass is 9.84. The molecular formula is C22H29NO4S. The van der Waals surface area contributed by atoms with Crippen molar-refractivity contribution in [3.05, 3.63) is 53.1 Å². The van der Waals surface area contributed by atoms with E-state index in [9.17, 15) is 8.42 Å². The van der Waals surface area contributed by atoms with Crippen LogP contribution < -0.4 is 14.2 Å². The maximum Gasteiger partial charge on any atom is 0.241 e. The van der Waals surface area contributed by atoms with Crippen molar-refractivity contribution in [2.45, 2.75) is 63.5 Å². The topological polar surface area (TPSA) is 64.6 Å². The van der Waals surface area contributed by atoms with E-state index < -0.39 is 10.0 Å². The van der Waals surface area contributed by atoms with E-state index in [0.717, 1.165) is 29.7 Å². The highest BCUT2D eigenvalue weighted by Gasteiger charge is 2.40. The van der Waals surface area contributed by atoms with Gasteiger partial charge in [0.15, 0.2) is 0 Å². The van der Waals surface area contributed by atoms with Gasteiger partial charge in [-0.2, -0.15) is 0 Å². The number of para-hydroxylation sites is 1. The van der Waals surface area contributed by atoms with E-state index in [0.29, 0.717) is 17.7 Å². The molecule has 2 aromatic carbocycles. The van der Waals surface area contributed by atoms with Crippen molar-refractivity contribution in [3.63, 3.8) is 0 Å². The zero-order valence-electron chi connectivity index (χ0n) is 17.2. The van der Waals surface area contributed by atoms with Crippen LogP contribution in [0.15, 0.2) is 41.3 Å². The molecule has 1 aliphatic rings. The zero-order valence-corrected chi connectivity index (χ0v) is 18.0. The number of methoxy groups -OCH3 is 1. The van der Waals surface area contributed by atoms with Gasteiger partial charge in [-0.3, -0.25) is 0 Å². The number of hydrogen-bond acceptors (Lipinski definition) is 4. The first kappa shape index (κ1) is 20.7. The van der Waals surface area contributed by atoms with Crippen molar-refractivity contribution >= 4 is 10.0 Å². The van der Waals surface area contributed by atoms with Gasteiger partial charge in [-0.1, -0.05) is 32.0 Å². The number of sulfonamides is 1. The summed E-state index contributed by atoms with van der Waals surface area (Å²) in [4.78, 5) is 0.286. The standard InChI is InChI=1S/C22H29NO4S/c1-6-22(7-2)14-18(17-10-8-9-11-19(17)27-22)23-28(24,25)21-13-15(3)20(26-5)12-16(21)4/h8-13,18,23H,6-7,14H2,1-5H3/t18-/m0/s1. The van der Waals surface area contributed by atoms with Gasteiger partial charge in [-0.05, 0) is 56.0 Å². The fraction of sp³-hybridized carbons (Fsp3) is 0.455. The Morgan fingerprint density at radius 3 is 2.46 bits per heavy atom. The van der Waals surface area contributed by atoms with Crippen LogP contribution in [0.4, 0.5) is 0 Å². The monoisotopic (exact) mass is 403 g/mol. The molecule has 6 heteroatoms. The van der Waals surface area contributed by atoms with Gasteiger partial charge in [0.25, 0.3) is 0 Å². The number of nitrogens with one attached hydrogen (secondary N) is 1. The molecule has 28 heavy (non-hydrogen) atoms. The molecule has 0 radical (unpaired) electrons. The molecular weight excluding hydrogens is 374 g/mol. The minimum absolute atomic E-state index is 0.286. The number of hydrogen-bond donors (Lipinski definition) is 1. The van der Waals surface area contributed by atoms with Gasteiger partial charge < -0.3 is 9.47 Å². The Kier molecular flexibility index (Phi) is 5.73. The molecule has 0 amide bonds. The smallest absolute Gasteiger partial charge is 0.241 e. The lowest BCUT2D eigenvalue weighted by Crippen LogP contribution is -2.44. The van der Waals surface area contributed by atoms with Gasteiger partial charge >= 0.3 is 0 Å². The SMILES string of the molecule is CCC1(CC)C[C@H](NS(=O)(=O)c2cc(C)c(OC)cc2C)c2ccccc2O1. The van der Waals surface area contributed by atoms with E-state index in [1.165, 1.54) is 0 Å². The van der Waals surface area contributed by atoms with Crippen molar-refractivity contribution in [3.8, 4) is 11.5 Å². The van der Waals surface area contributed by atoms with E-state index in [1.54, 1.807) is 26.2 Å². The third-order valence-corrected chi connectivity index (χ3v) is 7.38. The third-order valence-electron chi connectivity index (χ3n) is 5.77. The Bertz CT molecular complexity index is 964. The molecule has 0 fully saturated rings. The van der Waals surface area contributed by atoms with Crippen molar-refractivity contribution in [1.82, 2.24) is 4.72 Å². The molecule has 152 valence electrons. The first-order valence-corrected chi connectivity index (χ1v) is 11.2. The normalized spacial score (nSPS) is 18.2. The highest BCUT2D eigenvalue weighted by Crippen LogP contribution is 2.43. The van der Waals surface area contributed by atoms with Crippen LogP contribution in [0.2, 0.25) is 0 Å². The molecule has 0 saturated heterocycles. The highest BCUT2D eigenvalue weighted by atomic mass is 32.2. The predicted molar refractivity (Wildman–Crippen MR) is 111 cm³/mol. The van der Waals surface area contributed by atoms with Crippen molar-refractivity contribution < 1.29 is 17.9 Å². The molecule has 0 unspecified atom stereocenters. The fourth-order valence-electron chi connectivity index (χ4n) is 3.93. The van der Waals surface area contributed by atoms with Gasteiger partial charge in [0.1, 0.15) is 17.1 Å². The Morgan fingerprint density at radius 1 is 1.14 bits per heavy atom. The van der Waals surface area contributed by atoms with E-state index in [4.69, 9.17) is 9.47 Å². The summed E-state index contributed by atoms with van der Waals surface area (Å²) in [5.41, 5.74) is 1.96. The van der Waals surface area contributed by atoms with E-state index >= 15 is 0 Å². The molecule has 1 aliphatic heterocycles. The summed E-state index contributed by atoms with van der Waals surface area (Å²) in [6.07, 6.45) is 2.23. The van der Waals surface area contributed by atoms with Crippen molar-refractivity contribution in [1.29, 1.82) is 0 Å². The summed E-state index contributed by atoms with van der Waals surface area (Å²) in [7, 11) is -2.12. The quantitative estimate of drug-likeness (QED) is 0.761. The van der Waals surface area contributed by atoms with E-state index in [-0.39, 0.29) is 16.5 Å². The number of benzene rings is 2. The number of ether oxygens (including phenoxy) is 2. The average molecular weight is 404 g/mol.